The van der Waals surface area contributed by atoms with Gasteiger partial charge in [0.05, 0.1) is 20.0 Å². The fraction of sp³-hybridized carbons (Fsp3) is 0.300. The van der Waals surface area contributed by atoms with E-state index in [1.54, 1.807) is 47.3 Å². The molecule has 34 heavy (non-hydrogen) atoms. The number of rotatable bonds is 9. The van der Waals surface area contributed by atoms with Crippen molar-refractivity contribution >= 4 is 46.6 Å². The Kier molecular flexibility index (Phi) is 7.29. The van der Waals surface area contributed by atoms with Crippen LogP contribution in [-0.4, -0.2) is 51.4 Å². The van der Waals surface area contributed by atoms with Gasteiger partial charge in [-0.2, -0.15) is 5.09 Å². The quantitative estimate of drug-likeness (QED) is 0.229. The maximum Gasteiger partial charge on any atom is 0.459 e. The molecule has 14 heteroatoms. The molecule has 1 aliphatic rings. The van der Waals surface area contributed by atoms with Crippen LogP contribution in [0.5, 0.6) is 5.75 Å². The van der Waals surface area contributed by atoms with E-state index in [4.69, 9.17) is 24.3 Å². The molecule has 1 aromatic carbocycles. The Balaban J connectivity index is 1.45. The van der Waals surface area contributed by atoms with Crippen molar-refractivity contribution in [1.29, 1.82) is 0 Å². The molecule has 3 heterocycles. The van der Waals surface area contributed by atoms with E-state index in [2.05, 4.69) is 36.0 Å². The van der Waals surface area contributed by atoms with E-state index in [0.717, 1.165) is 4.47 Å². The number of hydrogen-bond acceptors (Lipinski definition) is 10. The van der Waals surface area contributed by atoms with Crippen LogP contribution in [-0.2, 0) is 23.4 Å². The number of anilines is 1. The molecule has 4 unspecified atom stereocenters. The molecule has 180 valence electrons. The summed E-state index contributed by atoms with van der Waals surface area (Å²) in [5.41, 5.74) is 6.82. The summed E-state index contributed by atoms with van der Waals surface area (Å²) in [5, 5.41) is 2.60. The van der Waals surface area contributed by atoms with E-state index in [0.29, 0.717) is 16.9 Å². The molecular formula is C20H22BrN6O6P. The zero-order valence-electron chi connectivity index (χ0n) is 18.2. The molecule has 4 rings (SSSR count). The van der Waals surface area contributed by atoms with Crippen molar-refractivity contribution in [3.8, 4) is 5.75 Å². The second-order valence-electron chi connectivity index (χ2n) is 7.25. The second kappa shape index (κ2) is 10.2. The monoisotopic (exact) mass is 552 g/mol. The summed E-state index contributed by atoms with van der Waals surface area (Å²) >= 11 is 3.33. The lowest BCUT2D eigenvalue weighted by molar-refractivity contribution is -0.142. The van der Waals surface area contributed by atoms with Gasteiger partial charge in [-0.05, 0) is 37.3 Å². The molecule has 0 amide bonds. The van der Waals surface area contributed by atoms with E-state index >= 15 is 0 Å². The maximum absolute atomic E-state index is 13.5. The van der Waals surface area contributed by atoms with Crippen LogP contribution in [0.25, 0.3) is 11.2 Å². The molecule has 0 aliphatic carbocycles. The van der Waals surface area contributed by atoms with Crippen molar-refractivity contribution in [2.24, 2.45) is 0 Å². The molecule has 0 bridgehead atoms. The Morgan fingerprint density at radius 1 is 1.29 bits per heavy atom. The third-order valence-corrected chi connectivity index (χ3v) is 6.99. The zero-order chi connectivity index (χ0) is 24.3. The van der Waals surface area contributed by atoms with Gasteiger partial charge in [-0.1, -0.05) is 22.0 Å². The van der Waals surface area contributed by atoms with Crippen molar-refractivity contribution in [3.63, 3.8) is 0 Å². The van der Waals surface area contributed by atoms with Gasteiger partial charge in [0.2, 0.25) is 0 Å². The molecule has 0 saturated heterocycles. The third-order valence-electron chi connectivity index (χ3n) is 4.82. The van der Waals surface area contributed by atoms with Crippen LogP contribution < -0.4 is 15.3 Å². The van der Waals surface area contributed by atoms with Crippen molar-refractivity contribution in [2.45, 2.75) is 25.3 Å². The topological polar surface area (TPSA) is 153 Å². The van der Waals surface area contributed by atoms with Crippen LogP contribution in [0.15, 0.2) is 53.5 Å². The molecule has 3 N–H and O–H groups in total. The molecule has 4 atom stereocenters. The largest absolute Gasteiger partial charge is 0.468 e. The van der Waals surface area contributed by atoms with Crippen molar-refractivity contribution < 1.29 is 27.9 Å². The summed E-state index contributed by atoms with van der Waals surface area (Å²) in [6.07, 6.45) is 5.36. The molecule has 0 radical (unpaired) electrons. The molecule has 3 aromatic rings. The molecule has 0 spiro atoms. The SMILES string of the molecule is COC(=O)C(C)NP(=O)(OCC1C=CC(n2cnc3c(N)ncnc32)O1)Oc1ccc(Br)cc1. The number of fused-ring (bicyclic) bond motifs is 1. The number of carbonyl (C=O) groups is 1. The number of nitrogens with two attached hydrogens (primary N) is 1. The summed E-state index contributed by atoms with van der Waals surface area (Å²) < 4.78 is 37.9. The van der Waals surface area contributed by atoms with Gasteiger partial charge in [0.25, 0.3) is 0 Å². The number of benzene rings is 1. The van der Waals surface area contributed by atoms with Gasteiger partial charge >= 0.3 is 13.7 Å². The van der Waals surface area contributed by atoms with E-state index in [9.17, 15) is 9.36 Å². The number of nitrogen functional groups attached to an aromatic ring is 1. The van der Waals surface area contributed by atoms with E-state index in [-0.39, 0.29) is 12.4 Å². The number of imidazole rings is 1. The minimum absolute atomic E-state index is 0.120. The number of aromatic nitrogens is 4. The van der Waals surface area contributed by atoms with Crippen LogP contribution in [0.2, 0.25) is 0 Å². The molecule has 1 aliphatic heterocycles. The van der Waals surface area contributed by atoms with Crippen LogP contribution >= 0.6 is 23.7 Å². The summed E-state index contributed by atoms with van der Waals surface area (Å²) in [6.45, 7) is 1.37. The summed E-state index contributed by atoms with van der Waals surface area (Å²) in [5.74, 6) is -0.0602. The van der Waals surface area contributed by atoms with Gasteiger partial charge in [0, 0.05) is 4.47 Å². The minimum Gasteiger partial charge on any atom is -0.468 e. The van der Waals surface area contributed by atoms with Crippen LogP contribution in [0.3, 0.4) is 0 Å². The number of esters is 1. The van der Waals surface area contributed by atoms with Crippen LogP contribution in [0.4, 0.5) is 5.82 Å². The van der Waals surface area contributed by atoms with Gasteiger partial charge in [-0.3, -0.25) is 13.9 Å². The Hall–Kier alpha value is -2.83. The van der Waals surface area contributed by atoms with Gasteiger partial charge in [-0.15, -0.1) is 0 Å². The first-order valence-corrected chi connectivity index (χ1v) is 12.4. The predicted octanol–water partition coefficient (Wildman–Crippen LogP) is 2.98. The number of nitrogens with one attached hydrogen (secondary N) is 1. The Labute approximate surface area is 203 Å². The summed E-state index contributed by atoms with van der Waals surface area (Å²) in [7, 11) is -2.76. The highest BCUT2D eigenvalue weighted by atomic mass is 79.9. The lowest BCUT2D eigenvalue weighted by Gasteiger charge is -2.24. The van der Waals surface area contributed by atoms with Crippen molar-refractivity contribution in [1.82, 2.24) is 24.6 Å². The number of halogens is 1. The highest BCUT2D eigenvalue weighted by Crippen LogP contribution is 2.45. The van der Waals surface area contributed by atoms with Crippen LogP contribution in [0, 0.1) is 0 Å². The molecule has 0 saturated carbocycles. The van der Waals surface area contributed by atoms with Gasteiger partial charge in [-0.25, -0.2) is 19.5 Å². The van der Waals surface area contributed by atoms with E-state index in [1.165, 1.54) is 20.4 Å². The van der Waals surface area contributed by atoms with Gasteiger partial charge < -0.3 is 19.7 Å². The van der Waals surface area contributed by atoms with Crippen molar-refractivity contribution in [3.05, 3.63) is 53.5 Å². The number of hydrogen-bond donors (Lipinski definition) is 2. The van der Waals surface area contributed by atoms with Gasteiger partial charge in [0.1, 0.15) is 29.7 Å². The number of methoxy groups -OCH3 is 1. The fourth-order valence-electron chi connectivity index (χ4n) is 3.16. The maximum atomic E-state index is 13.5. The average Bonchev–Trinajstić information content (AvgIpc) is 3.46. The molecule has 12 nitrogen and oxygen atoms in total. The first-order chi connectivity index (χ1) is 16.3. The average molecular weight is 553 g/mol. The molecular weight excluding hydrogens is 531 g/mol. The normalized spacial score (nSPS) is 20.2. The third kappa shape index (κ3) is 5.45. The summed E-state index contributed by atoms with van der Waals surface area (Å²) in [6, 6.07) is 5.74. The Morgan fingerprint density at radius 3 is 2.79 bits per heavy atom. The molecule has 0 fully saturated rings. The lowest BCUT2D eigenvalue weighted by atomic mass is 10.3. The summed E-state index contributed by atoms with van der Waals surface area (Å²) in [4.78, 5) is 24.2. The second-order valence-corrected chi connectivity index (χ2v) is 9.85. The molecule has 2 aromatic heterocycles. The number of nitrogens with zero attached hydrogens (tertiary/aromatic N) is 4. The first-order valence-electron chi connectivity index (χ1n) is 10.1. The van der Waals surface area contributed by atoms with E-state index in [1.807, 2.05) is 0 Å². The number of carbonyl (C=O) groups excluding carboxylic acids is 1. The van der Waals surface area contributed by atoms with Crippen LogP contribution in [0.1, 0.15) is 13.2 Å². The minimum atomic E-state index is -3.99. The zero-order valence-corrected chi connectivity index (χ0v) is 20.7. The first kappa shape index (κ1) is 24.3. The smallest absolute Gasteiger partial charge is 0.459 e. The highest BCUT2D eigenvalue weighted by Gasteiger charge is 2.34. The van der Waals surface area contributed by atoms with Gasteiger partial charge in [0.15, 0.2) is 17.7 Å². The standard InChI is InChI=1S/C20H22BrN6O6P/c1-12(20(28)30-2)26-34(29,33-14-5-3-13(21)4-6-14)31-9-15-7-8-16(32-15)27-11-25-17-18(22)23-10-24-19(17)27/h3-8,10-12,15-16H,9H2,1-2H3,(H,26,29)(H2,22,23,24). The Morgan fingerprint density at radius 2 is 2.06 bits per heavy atom. The fourth-order valence-corrected chi connectivity index (χ4v) is 4.93. The Bertz CT molecular complexity index is 1250. The van der Waals surface area contributed by atoms with E-state index < -0.39 is 32.1 Å². The number of ether oxygens (including phenoxy) is 2. The lowest BCUT2D eigenvalue weighted by Crippen LogP contribution is -2.35. The predicted molar refractivity (Wildman–Crippen MR) is 126 cm³/mol. The highest BCUT2D eigenvalue weighted by molar-refractivity contribution is 9.10. The van der Waals surface area contributed by atoms with Crippen molar-refractivity contribution in [2.75, 3.05) is 19.5 Å².